The molecule has 3 amide bonds. The van der Waals surface area contributed by atoms with Crippen LogP contribution in [0.1, 0.15) is 57.5 Å². The summed E-state index contributed by atoms with van der Waals surface area (Å²) in [5.74, 6) is -0.290. The Morgan fingerprint density at radius 1 is 1.02 bits per heavy atom. The van der Waals surface area contributed by atoms with Crippen LogP contribution in [0.4, 0.5) is 5.00 Å². The van der Waals surface area contributed by atoms with Gasteiger partial charge in [-0.1, -0.05) is 60.3 Å². The monoisotopic (exact) mass is 587 g/mol. The van der Waals surface area contributed by atoms with Gasteiger partial charge >= 0.3 is 0 Å². The Kier molecular flexibility index (Phi) is 9.22. The third-order valence-electron chi connectivity index (χ3n) is 6.39. The van der Waals surface area contributed by atoms with Gasteiger partial charge in [-0.15, -0.1) is 21.5 Å². The van der Waals surface area contributed by atoms with Gasteiger partial charge in [0.25, 0.3) is 11.8 Å². The minimum absolute atomic E-state index is 0.0104. The molecule has 41 heavy (non-hydrogen) atoms. The van der Waals surface area contributed by atoms with Crippen LogP contribution in [0.5, 0.6) is 0 Å². The van der Waals surface area contributed by atoms with Gasteiger partial charge in [0.05, 0.1) is 17.0 Å². The van der Waals surface area contributed by atoms with E-state index in [-0.39, 0.29) is 23.5 Å². The summed E-state index contributed by atoms with van der Waals surface area (Å²) in [6, 6.07) is 18.3. The molecule has 0 spiro atoms. The van der Waals surface area contributed by atoms with Crippen molar-refractivity contribution in [3.05, 3.63) is 93.6 Å². The van der Waals surface area contributed by atoms with Crippen molar-refractivity contribution >= 4 is 52.0 Å². The first-order valence-corrected chi connectivity index (χ1v) is 15.0. The number of amides is 3. The number of fused-ring (bicyclic) bond motifs is 1. The molecule has 2 heterocycles. The molecule has 210 valence electrons. The molecule has 12 heteroatoms. The topological polar surface area (TPSA) is 130 Å². The summed E-state index contributed by atoms with van der Waals surface area (Å²) in [6.07, 6.45) is 6.03. The van der Waals surface area contributed by atoms with Crippen LogP contribution >= 0.6 is 23.1 Å². The van der Waals surface area contributed by atoms with Crippen LogP contribution < -0.4 is 16.2 Å². The third-order valence-corrected chi connectivity index (χ3v) is 8.57. The molecule has 0 saturated carbocycles. The number of aryl methyl sites for hydroxylation is 1. The molecule has 0 fully saturated rings. The molecule has 1 aliphatic rings. The minimum Gasteiger partial charge on any atom is -0.318 e. The van der Waals surface area contributed by atoms with Crippen LogP contribution in [0.25, 0.3) is 0 Å². The van der Waals surface area contributed by atoms with Crippen molar-refractivity contribution in [1.82, 2.24) is 20.3 Å². The van der Waals surface area contributed by atoms with Crippen LogP contribution in [0.3, 0.4) is 0 Å². The molecule has 0 atom stereocenters. The standard InChI is InChI=1S/C29H29N7O3S2/c1-19(37)31-28-23(22-14-8-9-15-24(22)41-28)16-25-32-34-29(36(25)35-27(39)21-12-6-3-7-13-21)40-18-26(38)33-30-17-20-10-4-2-5-11-20/h2-7,10-13,17H,8-9,14-16,18H2,1H3,(H,31,37)(H,33,38)(H,35,39)/b30-17+. The smallest absolute Gasteiger partial charge is 0.270 e. The average molecular weight is 588 g/mol. The predicted molar refractivity (Wildman–Crippen MR) is 161 cm³/mol. The lowest BCUT2D eigenvalue weighted by Crippen LogP contribution is -2.26. The molecule has 4 aromatic rings. The number of nitrogens with zero attached hydrogens (tertiary/aromatic N) is 4. The molecule has 0 radical (unpaired) electrons. The van der Waals surface area contributed by atoms with E-state index in [1.165, 1.54) is 22.0 Å². The summed E-state index contributed by atoms with van der Waals surface area (Å²) < 4.78 is 1.53. The van der Waals surface area contributed by atoms with E-state index in [2.05, 4.69) is 31.5 Å². The molecule has 0 unspecified atom stereocenters. The Hall–Kier alpha value is -4.29. The molecule has 10 nitrogen and oxygen atoms in total. The van der Waals surface area contributed by atoms with Crippen molar-refractivity contribution in [1.29, 1.82) is 0 Å². The Labute approximate surface area is 245 Å². The van der Waals surface area contributed by atoms with E-state index in [9.17, 15) is 14.4 Å². The number of hydrazone groups is 1. The van der Waals surface area contributed by atoms with Gasteiger partial charge in [-0.3, -0.25) is 19.8 Å². The summed E-state index contributed by atoms with van der Waals surface area (Å²) in [6.45, 7) is 1.49. The fraction of sp³-hybridized carbons (Fsp3) is 0.241. The molecule has 1 aliphatic carbocycles. The zero-order valence-corrected chi connectivity index (χ0v) is 24.1. The molecular formula is C29H29N7O3S2. The highest BCUT2D eigenvalue weighted by molar-refractivity contribution is 7.99. The summed E-state index contributed by atoms with van der Waals surface area (Å²) in [5.41, 5.74) is 8.99. The molecule has 5 rings (SSSR count). The Morgan fingerprint density at radius 3 is 2.51 bits per heavy atom. The number of thioether (sulfide) groups is 1. The number of nitrogens with one attached hydrogen (secondary N) is 3. The second-order valence-corrected chi connectivity index (χ2v) is 11.5. The first-order valence-electron chi connectivity index (χ1n) is 13.2. The second-order valence-electron chi connectivity index (χ2n) is 9.41. The fourth-order valence-electron chi connectivity index (χ4n) is 4.49. The van der Waals surface area contributed by atoms with E-state index in [1.807, 2.05) is 36.4 Å². The van der Waals surface area contributed by atoms with Gasteiger partial charge < -0.3 is 5.32 Å². The van der Waals surface area contributed by atoms with Gasteiger partial charge in [0.2, 0.25) is 11.1 Å². The first-order chi connectivity index (χ1) is 20.0. The van der Waals surface area contributed by atoms with E-state index in [1.54, 1.807) is 41.8 Å². The summed E-state index contributed by atoms with van der Waals surface area (Å²) in [4.78, 5) is 38.9. The van der Waals surface area contributed by atoms with E-state index in [4.69, 9.17) is 0 Å². The van der Waals surface area contributed by atoms with Crippen molar-refractivity contribution < 1.29 is 14.4 Å². The van der Waals surface area contributed by atoms with Crippen LogP contribution in [0, 0.1) is 0 Å². The maximum absolute atomic E-state index is 13.1. The number of hydrogen-bond donors (Lipinski definition) is 3. The largest absolute Gasteiger partial charge is 0.318 e. The van der Waals surface area contributed by atoms with E-state index < -0.39 is 0 Å². The minimum atomic E-state index is -0.333. The number of carbonyl (C=O) groups is 3. The van der Waals surface area contributed by atoms with Crippen molar-refractivity contribution in [3.63, 3.8) is 0 Å². The highest BCUT2D eigenvalue weighted by Crippen LogP contribution is 2.39. The molecule has 0 saturated heterocycles. The molecule has 2 aromatic carbocycles. The zero-order valence-electron chi connectivity index (χ0n) is 22.4. The van der Waals surface area contributed by atoms with Gasteiger partial charge in [0.1, 0.15) is 0 Å². The lowest BCUT2D eigenvalue weighted by molar-refractivity contribution is -0.118. The number of rotatable bonds is 10. The first kappa shape index (κ1) is 28.2. The number of thiophene rings is 1. The molecule has 0 bridgehead atoms. The number of hydrogen-bond acceptors (Lipinski definition) is 8. The van der Waals surface area contributed by atoms with Crippen molar-refractivity contribution in [3.8, 4) is 0 Å². The van der Waals surface area contributed by atoms with E-state index in [0.717, 1.165) is 53.6 Å². The maximum atomic E-state index is 13.1. The van der Waals surface area contributed by atoms with Gasteiger partial charge in [0, 0.05) is 23.8 Å². The summed E-state index contributed by atoms with van der Waals surface area (Å²) >= 11 is 2.74. The van der Waals surface area contributed by atoms with Crippen molar-refractivity contribution in [2.45, 2.75) is 44.2 Å². The quantitative estimate of drug-likeness (QED) is 0.143. The average Bonchev–Trinajstić information content (AvgIpc) is 3.52. The predicted octanol–water partition coefficient (Wildman–Crippen LogP) is 4.39. The Bertz CT molecular complexity index is 1570. The van der Waals surface area contributed by atoms with Crippen LogP contribution in [0.15, 0.2) is 70.9 Å². The van der Waals surface area contributed by atoms with Crippen LogP contribution in [-0.2, 0) is 28.9 Å². The number of benzene rings is 2. The zero-order chi connectivity index (χ0) is 28.6. The lowest BCUT2D eigenvalue weighted by atomic mass is 9.94. The number of aromatic nitrogens is 3. The van der Waals surface area contributed by atoms with E-state index in [0.29, 0.717) is 23.0 Å². The highest BCUT2D eigenvalue weighted by atomic mass is 32.2. The molecule has 2 aromatic heterocycles. The molecular weight excluding hydrogens is 558 g/mol. The fourth-order valence-corrected chi connectivity index (χ4v) is 6.55. The summed E-state index contributed by atoms with van der Waals surface area (Å²) in [7, 11) is 0. The molecule has 3 N–H and O–H groups in total. The normalized spacial score (nSPS) is 12.6. The Morgan fingerprint density at radius 2 is 1.76 bits per heavy atom. The van der Waals surface area contributed by atoms with Gasteiger partial charge in [-0.2, -0.15) is 5.10 Å². The number of carbonyl (C=O) groups excluding carboxylic acids is 3. The second kappa shape index (κ2) is 13.4. The third kappa shape index (κ3) is 7.27. The van der Waals surface area contributed by atoms with Crippen LogP contribution in [0.2, 0.25) is 0 Å². The summed E-state index contributed by atoms with van der Waals surface area (Å²) in [5, 5.41) is 16.8. The molecule has 0 aliphatic heterocycles. The van der Waals surface area contributed by atoms with Crippen molar-refractivity contribution in [2.24, 2.45) is 5.10 Å². The van der Waals surface area contributed by atoms with Crippen molar-refractivity contribution in [2.75, 3.05) is 16.5 Å². The lowest BCUT2D eigenvalue weighted by Gasteiger charge is -2.15. The van der Waals surface area contributed by atoms with Gasteiger partial charge in [-0.25, -0.2) is 10.1 Å². The van der Waals surface area contributed by atoms with Crippen LogP contribution in [-0.4, -0.2) is 44.6 Å². The number of anilines is 1. The van der Waals surface area contributed by atoms with Gasteiger partial charge in [0.15, 0.2) is 5.82 Å². The highest BCUT2D eigenvalue weighted by Gasteiger charge is 2.25. The SMILES string of the molecule is CC(=O)Nc1sc2c(c1Cc1nnc(SCC(=O)N/N=C/c3ccccc3)n1NC(=O)c1ccccc1)CCCC2. The maximum Gasteiger partial charge on any atom is 0.270 e. The Balaban J connectivity index is 1.37. The van der Waals surface area contributed by atoms with Gasteiger partial charge in [-0.05, 0) is 54.5 Å². The van der Waals surface area contributed by atoms with E-state index >= 15 is 0 Å².